The highest BCUT2D eigenvalue weighted by Crippen LogP contribution is 2.37. The maximum Gasteiger partial charge on any atom is 0.348 e. The first kappa shape index (κ1) is 21.0. The fourth-order valence-corrected chi connectivity index (χ4v) is 3.06. The fraction of sp³-hybridized carbons (Fsp3) is 0.278. The van der Waals surface area contributed by atoms with Crippen LogP contribution in [-0.4, -0.2) is 35.8 Å². The fourth-order valence-electron chi connectivity index (χ4n) is 2.66. The van der Waals surface area contributed by atoms with Crippen LogP contribution in [0.15, 0.2) is 36.6 Å². The van der Waals surface area contributed by atoms with Gasteiger partial charge in [0.05, 0.1) is 18.4 Å². The van der Waals surface area contributed by atoms with Crippen LogP contribution in [0, 0.1) is 17.0 Å². The Morgan fingerprint density at radius 3 is 2.62 bits per heavy atom. The Balaban J connectivity index is 2.01. The summed E-state index contributed by atoms with van der Waals surface area (Å²) < 4.78 is 39.1. The van der Waals surface area contributed by atoms with Crippen LogP contribution in [0.4, 0.5) is 14.6 Å². The molecule has 3 heterocycles. The lowest BCUT2D eigenvalue weighted by atomic mass is 9.87. The minimum absolute atomic E-state index is 0.138. The van der Waals surface area contributed by atoms with Gasteiger partial charge in [-0.15, -0.1) is 0 Å². The second-order valence-electron chi connectivity index (χ2n) is 7.56. The standard InChI is InChI=1S/C18H20F2N5O3P/c1-18(2,3)14(4-5-29(26,27)28)24-17-13(20)9-23-16(25-17)12-8-22-15-11(12)6-10(19)7-21-15/h4-9,14H,1-3H3,(H,21,22)(H,23,24,25)(H2,26,27,28). The normalized spacial score (nSPS) is 13.9. The number of halogens is 2. The zero-order valence-electron chi connectivity index (χ0n) is 15.9. The lowest BCUT2D eigenvalue weighted by molar-refractivity contribution is 0.377. The molecular formula is C18H20F2N5O3P. The molecule has 0 aliphatic carbocycles. The van der Waals surface area contributed by atoms with Gasteiger partial charge in [-0.2, -0.15) is 0 Å². The van der Waals surface area contributed by atoms with E-state index >= 15 is 0 Å². The molecular weight excluding hydrogens is 403 g/mol. The maximum absolute atomic E-state index is 14.4. The lowest BCUT2D eigenvalue weighted by Crippen LogP contribution is -2.33. The number of aromatic nitrogens is 4. The number of H-pyrrole nitrogens is 1. The Morgan fingerprint density at radius 1 is 1.24 bits per heavy atom. The Morgan fingerprint density at radius 2 is 1.97 bits per heavy atom. The second kappa shape index (κ2) is 7.62. The highest BCUT2D eigenvalue weighted by atomic mass is 31.2. The van der Waals surface area contributed by atoms with Gasteiger partial charge in [0.1, 0.15) is 11.5 Å². The summed E-state index contributed by atoms with van der Waals surface area (Å²) in [7, 11) is -4.38. The van der Waals surface area contributed by atoms with Crippen LogP contribution in [0.5, 0.6) is 0 Å². The van der Waals surface area contributed by atoms with E-state index in [1.165, 1.54) is 12.1 Å². The number of hydrogen-bond acceptors (Lipinski definition) is 5. The van der Waals surface area contributed by atoms with E-state index < -0.39 is 30.7 Å². The zero-order valence-corrected chi connectivity index (χ0v) is 16.8. The molecule has 0 aromatic carbocycles. The number of anilines is 1. The van der Waals surface area contributed by atoms with Crippen molar-refractivity contribution in [1.29, 1.82) is 0 Å². The summed E-state index contributed by atoms with van der Waals surface area (Å²) >= 11 is 0. The summed E-state index contributed by atoms with van der Waals surface area (Å²) in [4.78, 5) is 33.2. The zero-order chi connectivity index (χ0) is 21.4. The summed E-state index contributed by atoms with van der Waals surface area (Å²) in [5, 5.41) is 3.31. The first-order valence-electron chi connectivity index (χ1n) is 8.61. The SMILES string of the molecule is CC(C)(C)C(C=CP(=O)(O)O)Nc1nc(-c2c[nH]c3ncc(F)cc23)ncc1F. The lowest BCUT2D eigenvalue weighted by Gasteiger charge is -2.29. The van der Waals surface area contributed by atoms with Crippen LogP contribution >= 0.6 is 7.60 Å². The van der Waals surface area contributed by atoms with E-state index in [-0.39, 0.29) is 11.6 Å². The van der Waals surface area contributed by atoms with Crippen molar-refractivity contribution in [2.75, 3.05) is 5.32 Å². The summed E-state index contributed by atoms with van der Waals surface area (Å²) in [6.07, 6.45) is 4.88. The average molecular weight is 423 g/mol. The first-order valence-corrected chi connectivity index (χ1v) is 10.3. The van der Waals surface area contributed by atoms with Crippen molar-refractivity contribution in [3.05, 3.63) is 48.2 Å². The molecule has 11 heteroatoms. The van der Waals surface area contributed by atoms with Gasteiger partial charge in [0.25, 0.3) is 0 Å². The van der Waals surface area contributed by atoms with Crippen molar-refractivity contribution in [2.24, 2.45) is 5.41 Å². The molecule has 0 fully saturated rings. The van der Waals surface area contributed by atoms with Gasteiger partial charge < -0.3 is 20.1 Å². The molecule has 0 saturated carbocycles. The van der Waals surface area contributed by atoms with Gasteiger partial charge in [0.15, 0.2) is 17.5 Å². The molecule has 4 N–H and O–H groups in total. The number of aromatic amines is 1. The number of nitrogens with one attached hydrogen (secondary N) is 2. The largest absolute Gasteiger partial charge is 0.361 e. The molecule has 1 unspecified atom stereocenters. The third-order valence-corrected chi connectivity index (χ3v) is 4.74. The second-order valence-corrected chi connectivity index (χ2v) is 9.04. The van der Waals surface area contributed by atoms with Gasteiger partial charge >= 0.3 is 7.60 Å². The Hall–Kier alpha value is -2.68. The Kier molecular flexibility index (Phi) is 5.53. The third-order valence-electron chi connectivity index (χ3n) is 4.18. The van der Waals surface area contributed by atoms with Gasteiger partial charge in [-0.3, -0.25) is 4.57 Å². The smallest absolute Gasteiger partial charge is 0.348 e. The van der Waals surface area contributed by atoms with E-state index in [0.717, 1.165) is 18.2 Å². The van der Waals surface area contributed by atoms with E-state index in [2.05, 4.69) is 25.3 Å². The van der Waals surface area contributed by atoms with Crippen molar-refractivity contribution in [1.82, 2.24) is 19.9 Å². The van der Waals surface area contributed by atoms with Crippen LogP contribution in [-0.2, 0) is 4.57 Å². The van der Waals surface area contributed by atoms with Crippen LogP contribution in [0.2, 0.25) is 0 Å². The summed E-state index contributed by atoms with van der Waals surface area (Å²) in [6.45, 7) is 5.47. The van der Waals surface area contributed by atoms with Gasteiger partial charge in [0, 0.05) is 23.0 Å². The first-order chi connectivity index (χ1) is 13.4. The minimum Gasteiger partial charge on any atom is -0.361 e. The third kappa shape index (κ3) is 5.03. The average Bonchev–Trinajstić information content (AvgIpc) is 3.01. The molecule has 0 bridgehead atoms. The summed E-state index contributed by atoms with van der Waals surface area (Å²) in [6, 6.07) is 0.629. The molecule has 3 aromatic heterocycles. The van der Waals surface area contributed by atoms with Gasteiger partial charge in [-0.05, 0) is 11.5 Å². The van der Waals surface area contributed by atoms with Crippen molar-refractivity contribution in [3.8, 4) is 11.4 Å². The van der Waals surface area contributed by atoms with E-state index in [4.69, 9.17) is 9.79 Å². The number of hydrogen-bond donors (Lipinski definition) is 4. The molecule has 0 aliphatic heterocycles. The van der Waals surface area contributed by atoms with Crippen molar-refractivity contribution in [3.63, 3.8) is 0 Å². The van der Waals surface area contributed by atoms with Gasteiger partial charge in [0.2, 0.25) is 0 Å². The van der Waals surface area contributed by atoms with Crippen molar-refractivity contribution >= 4 is 24.4 Å². The van der Waals surface area contributed by atoms with E-state index in [9.17, 15) is 13.3 Å². The molecule has 0 saturated heterocycles. The molecule has 29 heavy (non-hydrogen) atoms. The highest BCUT2D eigenvalue weighted by molar-refractivity contribution is 7.55. The highest BCUT2D eigenvalue weighted by Gasteiger charge is 2.25. The van der Waals surface area contributed by atoms with E-state index in [1.807, 2.05) is 20.8 Å². The van der Waals surface area contributed by atoms with Gasteiger partial charge in [-0.25, -0.2) is 23.7 Å². The quantitative estimate of drug-likeness (QED) is 0.460. The van der Waals surface area contributed by atoms with E-state index in [1.54, 1.807) is 6.20 Å². The monoisotopic (exact) mass is 423 g/mol. The predicted octanol–water partition coefficient (Wildman–Crippen LogP) is 3.82. The molecule has 0 spiro atoms. The van der Waals surface area contributed by atoms with Crippen LogP contribution in [0.1, 0.15) is 20.8 Å². The molecule has 1 atom stereocenters. The molecule has 154 valence electrons. The number of fused-ring (bicyclic) bond motifs is 1. The topological polar surface area (TPSA) is 124 Å². The van der Waals surface area contributed by atoms with Crippen LogP contribution in [0.25, 0.3) is 22.4 Å². The van der Waals surface area contributed by atoms with Crippen molar-refractivity contribution < 1.29 is 23.1 Å². The molecule has 3 aromatic rings. The summed E-state index contributed by atoms with van der Waals surface area (Å²) in [5.74, 6) is -0.515. The summed E-state index contributed by atoms with van der Waals surface area (Å²) in [5.41, 5.74) is 0.353. The minimum atomic E-state index is -4.38. The van der Waals surface area contributed by atoms with Crippen molar-refractivity contribution in [2.45, 2.75) is 26.8 Å². The number of pyridine rings is 1. The Bertz CT molecular complexity index is 1120. The number of nitrogens with zero attached hydrogens (tertiary/aromatic N) is 3. The molecule has 0 aliphatic rings. The van der Waals surface area contributed by atoms with Crippen LogP contribution < -0.4 is 5.32 Å². The number of rotatable bonds is 5. The molecule has 8 nitrogen and oxygen atoms in total. The van der Waals surface area contributed by atoms with Crippen LogP contribution in [0.3, 0.4) is 0 Å². The predicted molar refractivity (Wildman–Crippen MR) is 105 cm³/mol. The maximum atomic E-state index is 14.4. The van der Waals surface area contributed by atoms with E-state index in [0.29, 0.717) is 16.6 Å². The molecule has 0 amide bonds. The Labute approximate surface area is 165 Å². The van der Waals surface area contributed by atoms with Gasteiger partial charge in [-0.1, -0.05) is 26.8 Å². The molecule has 0 radical (unpaired) electrons. The molecule has 3 rings (SSSR count).